The van der Waals surface area contributed by atoms with Gasteiger partial charge in [0.15, 0.2) is 0 Å². The predicted molar refractivity (Wildman–Crippen MR) is 82.8 cm³/mol. The number of aromatic nitrogens is 3. The lowest BCUT2D eigenvalue weighted by Gasteiger charge is -2.36. The summed E-state index contributed by atoms with van der Waals surface area (Å²) in [5.41, 5.74) is 0. The predicted octanol–water partition coefficient (Wildman–Crippen LogP) is -0.337. The Kier molecular flexibility index (Phi) is 5.58. The van der Waals surface area contributed by atoms with E-state index in [-0.39, 0.29) is 24.2 Å². The van der Waals surface area contributed by atoms with Crippen LogP contribution in [0.5, 0.6) is 0 Å². The number of carbonyl (C=O) groups excluding carboxylic acids is 1. The van der Waals surface area contributed by atoms with E-state index in [4.69, 9.17) is 9.47 Å². The van der Waals surface area contributed by atoms with Crippen LogP contribution in [0.25, 0.3) is 0 Å². The van der Waals surface area contributed by atoms with Gasteiger partial charge in [-0.2, -0.15) is 5.10 Å². The highest BCUT2D eigenvalue weighted by atomic mass is 16.5. The van der Waals surface area contributed by atoms with E-state index in [2.05, 4.69) is 20.3 Å². The number of nitrogens with one attached hydrogen (secondary N) is 1. The van der Waals surface area contributed by atoms with Gasteiger partial charge in [0.2, 0.25) is 5.91 Å². The SMILES string of the molecule is C[C@H](C(=O)NC[C@@H]1CCCO1)N1CCO[C@@H](Cn2cncn2)C1. The second-order valence-electron chi connectivity index (χ2n) is 6.16. The van der Waals surface area contributed by atoms with Crippen LogP contribution in [0.2, 0.25) is 0 Å². The molecular weight excluding hydrogens is 298 g/mol. The Morgan fingerprint density at radius 1 is 1.39 bits per heavy atom. The van der Waals surface area contributed by atoms with Gasteiger partial charge in [-0.1, -0.05) is 0 Å². The molecule has 23 heavy (non-hydrogen) atoms. The Bertz CT molecular complexity index is 489. The molecule has 8 heteroatoms. The first-order valence-electron chi connectivity index (χ1n) is 8.30. The summed E-state index contributed by atoms with van der Waals surface area (Å²) in [6.07, 6.45) is 5.52. The van der Waals surface area contributed by atoms with Crippen molar-refractivity contribution in [1.82, 2.24) is 25.0 Å². The number of nitrogens with zero attached hydrogens (tertiary/aromatic N) is 4. The van der Waals surface area contributed by atoms with Crippen molar-refractivity contribution < 1.29 is 14.3 Å². The average Bonchev–Trinajstić information content (AvgIpc) is 3.25. The summed E-state index contributed by atoms with van der Waals surface area (Å²) in [5.74, 6) is 0.0573. The van der Waals surface area contributed by atoms with Crippen molar-refractivity contribution in [3.05, 3.63) is 12.7 Å². The summed E-state index contributed by atoms with van der Waals surface area (Å²) in [4.78, 5) is 18.4. The molecule has 2 aliphatic rings. The zero-order valence-corrected chi connectivity index (χ0v) is 13.6. The van der Waals surface area contributed by atoms with Gasteiger partial charge in [0.05, 0.1) is 31.4 Å². The second kappa shape index (κ2) is 7.85. The fraction of sp³-hybridized carbons (Fsp3) is 0.800. The molecule has 128 valence electrons. The van der Waals surface area contributed by atoms with E-state index in [1.165, 1.54) is 6.33 Å². The first kappa shape index (κ1) is 16.4. The molecule has 0 aliphatic carbocycles. The maximum absolute atomic E-state index is 12.3. The van der Waals surface area contributed by atoms with Crippen LogP contribution in [-0.2, 0) is 20.8 Å². The van der Waals surface area contributed by atoms with Crippen LogP contribution in [0.4, 0.5) is 0 Å². The number of morpholine rings is 1. The normalized spacial score (nSPS) is 27.0. The molecule has 1 aromatic rings. The molecule has 8 nitrogen and oxygen atoms in total. The zero-order valence-electron chi connectivity index (χ0n) is 13.6. The first-order chi connectivity index (χ1) is 11.2. The Hall–Kier alpha value is -1.51. The molecule has 1 aromatic heterocycles. The van der Waals surface area contributed by atoms with Gasteiger partial charge in [-0.15, -0.1) is 0 Å². The van der Waals surface area contributed by atoms with Gasteiger partial charge in [0, 0.05) is 26.2 Å². The largest absolute Gasteiger partial charge is 0.376 e. The zero-order chi connectivity index (χ0) is 16.1. The molecule has 0 saturated carbocycles. The molecule has 0 bridgehead atoms. The molecule has 0 unspecified atom stereocenters. The summed E-state index contributed by atoms with van der Waals surface area (Å²) in [7, 11) is 0. The van der Waals surface area contributed by atoms with Crippen LogP contribution in [0.15, 0.2) is 12.7 Å². The van der Waals surface area contributed by atoms with E-state index in [1.807, 2.05) is 6.92 Å². The second-order valence-corrected chi connectivity index (χ2v) is 6.16. The lowest BCUT2D eigenvalue weighted by atomic mass is 10.2. The van der Waals surface area contributed by atoms with Crippen molar-refractivity contribution >= 4 is 5.91 Å². The summed E-state index contributed by atoms with van der Waals surface area (Å²) in [6, 6.07) is -0.168. The summed E-state index contributed by atoms with van der Waals surface area (Å²) in [5, 5.41) is 7.11. The van der Waals surface area contributed by atoms with Crippen LogP contribution >= 0.6 is 0 Å². The third kappa shape index (κ3) is 4.49. The summed E-state index contributed by atoms with van der Waals surface area (Å²) < 4.78 is 13.1. The minimum atomic E-state index is -0.168. The monoisotopic (exact) mass is 323 g/mol. The highest BCUT2D eigenvalue weighted by Crippen LogP contribution is 2.12. The van der Waals surface area contributed by atoms with Crippen LogP contribution in [-0.4, -0.2) is 76.7 Å². The standard InChI is InChI=1S/C15H25N5O3/c1-12(15(21)17-7-13-3-2-5-22-13)19-4-6-23-14(8-19)9-20-11-16-10-18-20/h10-14H,2-9H2,1H3,(H,17,21)/t12-,13+,14-/m1/s1. The fourth-order valence-electron chi connectivity index (χ4n) is 3.07. The quantitative estimate of drug-likeness (QED) is 0.771. The van der Waals surface area contributed by atoms with Gasteiger partial charge in [0.25, 0.3) is 0 Å². The highest BCUT2D eigenvalue weighted by Gasteiger charge is 2.28. The van der Waals surface area contributed by atoms with Gasteiger partial charge in [-0.05, 0) is 19.8 Å². The van der Waals surface area contributed by atoms with E-state index in [9.17, 15) is 4.79 Å². The van der Waals surface area contributed by atoms with Crippen molar-refractivity contribution in [3.63, 3.8) is 0 Å². The van der Waals surface area contributed by atoms with E-state index in [1.54, 1.807) is 11.0 Å². The number of rotatable bonds is 6. The number of carbonyl (C=O) groups is 1. The molecule has 2 aliphatic heterocycles. The Labute approximate surface area is 136 Å². The van der Waals surface area contributed by atoms with Crippen molar-refractivity contribution in [1.29, 1.82) is 0 Å². The van der Waals surface area contributed by atoms with Gasteiger partial charge in [0.1, 0.15) is 12.7 Å². The minimum absolute atomic E-state index is 0.0267. The number of amides is 1. The Morgan fingerprint density at radius 3 is 3.00 bits per heavy atom. The number of hydrogen-bond acceptors (Lipinski definition) is 6. The average molecular weight is 323 g/mol. The van der Waals surface area contributed by atoms with Gasteiger partial charge < -0.3 is 14.8 Å². The molecule has 0 spiro atoms. The van der Waals surface area contributed by atoms with E-state index in [0.717, 1.165) is 26.0 Å². The molecule has 1 amide bonds. The van der Waals surface area contributed by atoms with Crippen LogP contribution < -0.4 is 5.32 Å². The Morgan fingerprint density at radius 2 is 2.26 bits per heavy atom. The van der Waals surface area contributed by atoms with Gasteiger partial charge in [-0.25, -0.2) is 4.98 Å². The molecule has 2 fully saturated rings. The first-order valence-corrected chi connectivity index (χ1v) is 8.30. The molecule has 2 saturated heterocycles. The van der Waals surface area contributed by atoms with E-state index < -0.39 is 0 Å². The third-order valence-corrected chi connectivity index (χ3v) is 4.48. The van der Waals surface area contributed by atoms with Crippen molar-refractivity contribution in [2.45, 2.75) is 44.6 Å². The number of hydrogen-bond donors (Lipinski definition) is 1. The van der Waals surface area contributed by atoms with Crippen molar-refractivity contribution in [2.75, 3.05) is 32.8 Å². The molecule has 1 N–H and O–H groups in total. The fourth-order valence-corrected chi connectivity index (χ4v) is 3.07. The van der Waals surface area contributed by atoms with E-state index >= 15 is 0 Å². The lowest BCUT2D eigenvalue weighted by Crippen LogP contribution is -2.53. The van der Waals surface area contributed by atoms with Crippen LogP contribution in [0.3, 0.4) is 0 Å². The van der Waals surface area contributed by atoms with Crippen LogP contribution in [0, 0.1) is 0 Å². The molecule has 0 radical (unpaired) electrons. The maximum atomic E-state index is 12.3. The Balaban J connectivity index is 1.45. The van der Waals surface area contributed by atoms with Crippen molar-refractivity contribution in [2.24, 2.45) is 0 Å². The van der Waals surface area contributed by atoms with Gasteiger partial charge >= 0.3 is 0 Å². The summed E-state index contributed by atoms with van der Waals surface area (Å²) in [6.45, 7) is 6.13. The molecule has 0 aromatic carbocycles. The van der Waals surface area contributed by atoms with Crippen LogP contribution in [0.1, 0.15) is 19.8 Å². The van der Waals surface area contributed by atoms with E-state index in [0.29, 0.717) is 26.2 Å². The topological polar surface area (TPSA) is 81.5 Å². The lowest BCUT2D eigenvalue weighted by molar-refractivity contribution is -0.130. The molecule has 3 atom stereocenters. The number of ether oxygens (including phenoxy) is 2. The molecular formula is C15H25N5O3. The minimum Gasteiger partial charge on any atom is -0.376 e. The smallest absolute Gasteiger partial charge is 0.237 e. The summed E-state index contributed by atoms with van der Waals surface area (Å²) >= 11 is 0. The molecule has 3 heterocycles. The molecule has 3 rings (SSSR count). The third-order valence-electron chi connectivity index (χ3n) is 4.48. The maximum Gasteiger partial charge on any atom is 0.237 e. The van der Waals surface area contributed by atoms with Gasteiger partial charge in [-0.3, -0.25) is 14.4 Å². The van der Waals surface area contributed by atoms with Crippen molar-refractivity contribution in [3.8, 4) is 0 Å². The highest BCUT2D eigenvalue weighted by molar-refractivity contribution is 5.81.